The minimum Gasteiger partial charge on any atom is -0.466 e. The monoisotopic (exact) mass is 306 g/mol. The van der Waals surface area contributed by atoms with Crippen LogP contribution in [-0.2, 0) is 19.1 Å². The molecule has 0 aliphatic heterocycles. The van der Waals surface area contributed by atoms with Gasteiger partial charge in [0.1, 0.15) is 6.10 Å². The molecule has 0 heterocycles. The van der Waals surface area contributed by atoms with Gasteiger partial charge in [0.2, 0.25) is 0 Å². The minimum atomic E-state index is -0.175. The zero-order valence-corrected chi connectivity index (χ0v) is 13.5. The van der Waals surface area contributed by atoms with E-state index in [-0.39, 0.29) is 18.0 Å². The molecule has 0 spiro atoms. The molecular weight excluding hydrogens is 280 g/mol. The molecule has 2 aliphatic rings. The molecule has 0 amide bonds. The first-order valence-electron chi connectivity index (χ1n) is 8.28. The molecule has 0 radical (unpaired) electrons. The van der Waals surface area contributed by atoms with Gasteiger partial charge in [-0.15, -0.1) is 0 Å². The van der Waals surface area contributed by atoms with Crippen molar-refractivity contribution < 1.29 is 19.1 Å². The van der Waals surface area contributed by atoms with Crippen LogP contribution in [0.15, 0.2) is 23.8 Å². The number of rotatable bonds is 6. The van der Waals surface area contributed by atoms with Gasteiger partial charge in [0.05, 0.1) is 6.61 Å². The highest BCUT2D eigenvalue weighted by molar-refractivity contribution is 5.69. The van der Waals surface area contributed by atoms with E-state index in [4.69, 9.17) is 9.47 Å². The van der Waals surface area contributed by atoms with Crippen LogP contribution in [0.4, 0.5) is 0 Å². The smallest absolute Gasteiger partial charge is 0.306 e. The fraction of sp³-hybridized carbons (Fsp3) is 0.667. The van der Waals surface area contributed by atoms with Crippen molar-refractivity contribution in [2.24, 2.45) is 11.8 Å². The average Bonchev–Trinajstić information content (AvgIpc) is 2.93. The van der Waals surface area contributed by atoms with Crippen LogP contribution in [0.3, 0.4) is 0 Å². The molecule has 1 saturated carbocycles. The van der Waals surface area contributed by atoms with Crippen molar-refractivity contribution in [2.75, 3.05) is 6.61 Å². The third kappa shape index (κ3) is 5.00. The molecule has 4 heteroatoms. The second kappa shape index (κ2) is 8.16. The molecule has 1 unspecified atom stereocenters. The fourth-order valence-corrected chi connectivity index (χ4v) is 3.40. The molecule has 0 aromatic rings. The first-order chi connectivity index (χ1) is 10.6. The van der Waals surface area contributed by atoms with E-state index in [1.165, 1.54) is 12.5 Å². The van der Waals surface area contributed by atoms with Crippen molar-refractivity contribution in [3.05, 3.63) is 23.8 Å². The Morgan fingerprint density at radius 3 is 2.77 bits per heavy atom. The molecule has 3 atom stereocenters. The molecule has 122 valence electrons. The van der Waals surface area contributed by atoms with Gasteiger partial charge < -0.3 is 9.47 Å². The van der Waals surface area contributed by atoms with E-state index >= 15 is 0 Å². The Kier molecular flexibility index (Phi) is 6.22. The number of carbonyl (C=O) groups is 2. The largest absolute Gasteiger partial charge is 0.466 e. The second-order valence-electron chi connectivity index (χ2n) is 6.15. The first-order valence-corrected chi connectivity index (χ1v) is 8.28. The Balaban J connectivity index is 1.74. The maximum atomic E-state index is 11.4. The summed E-state index contributed by atoms with van der Waals surface area (Å²) in [6.07, 6.45) is 12.1. The lowest BCUT2D eigenvalue weighted by atomic mass is 9.83. The van der Waals surface area contributed by atoms with E-state index in [2.05, 4.69) is 18.2 Å². The maximum absolute atomic E-state index is 11.4. The third-order valence-electron chi connectivity index (χ3n) is 4.50. The Morgan fingerprint density at radius 1 is 1.32 bits per heavy atom. The molecule has 0 aromatic heterocycles. The van der Waals surface area contributed by atoms with E-state index in [1.807, 2.05) is 6.92 Å². The summed E-state index contributed by atoms with van der Waals surface area (Å²) >= 11 is 0. The minimum absolute atomic E-state index is 0.102. The average molecular weight is 306 g/mol. The number of esters is 2. The fourth-order valence-electron chi connectivity index (χ4n) is 3.40. The quantitative estimate of drug-likeness (QED) is 0.704. The number of ether oxygens (including phenoxy) is 2. The Morgan fingerprint density at radius 2 is 2.14 bits per heavy atom. The highest BCUT2D eigenvalue weighted by atomic mass is 16.5. The number of hydrogen-bond donors (Lipinski definition) is 0. The molecule has 0 bridgehead atoms. The van der Waals surface area contributed by atoms with Crippen LogP contribution in [0.1, 0.15) is 52.4 Å². The van der Waals surface area contributed by atoms with Gasteiger partial charge in [-0.2, -0.15) is 0 Å². The topological polar surface area (TPSA) is 52.6 Å². The summed E-state index contributed by atoms with van der Waals surface area (Å²) in [5, 5.41) is 0. The van der Waals surface area contributed by atoms with Crippen LogP contribution in [0, 0.1) is 11.8 Å². The Bertz CT molecular complexity index is 464. The number of hydrogen-bond acceptors (Lipinski definition) is 4. The van der Waals surface area contributed by atoms with Gasteiger partial charge in [-0.25, -0.2) is 0 Å². The van der Waals surface area contributed by atoms with Gasteiger partial charge >= 0.3 is 11.9 Å². The second-order valence-corrected chi connectivity index (χ2v) is 6.15. The zero-order valence-electron chi connectivity index (χ0n) is 13.5. The maximum Gasteiger partial charge on any atom is 0.306 e. The highest BCUT2D eigenvalue weighted by Crippen LogP contribution is 2.37. The lowest BCUT2D eigenvalue weighted by Gasteiger charge is -2.22. The van der Waals surface area contributed by atoms with Gasteiger partial charge in [-0.1, -0.05) is 23.8 Å². The molecule has 0 N–H and O–H groups in total. The molecule has 0 aromatic carbocycles. The lowest BCUT2D eigenvalue weighted by Crippen LogP contribution is -2.16. The van der Waals surface area contributed by atoms with E-state index in [0.717, 1.165) is 32.1 Å². The van der Waals surface area contributed by atoms with Crippen LogP contribution in [0.5, 0.6) is 0 Å². The van der Waals surface area contributed by atoms with Gasteiger partial charge in [0.25, 0.3) is 0 Å². The van der Waals surface area contributed by atoms with Gasteiger partial charge in [-0.3, -0.25) is 9.59 Å². The Hall–Kier alpha value is -1.58. The van der Waals surface area contributed by atoms with E-state index in [9.17, 15) is 9.59 Å². The van der Waals surface area contributed by atoms with Crippen molar-refractivity contribution >= 4 is 11.9 Å². The summed E-state index contributed by atoms with van der Waals surface area (Å²) in [5.41, 5.74) is 1.22. The molecule has 0 saturated heterocycles. The van der Waals surface area contributed by atoms with Crippen molar-refractivity contribution in [3.8, 4) is 0 Å². The van der Waals surface area contributed by atoms with E-state index in [1.54, 1.807) is 0 Å². The summed E-state index contributed by atoms with van der Waals surface area (Å²) in [7, 11) is 0. The molecular formula is C18H26O4. The number of allylic oxidation sites excluding steroid dienone is 4. The van der Waals surface area contributed by atoms with Crippen LogP contribution >= 0.6 is 0 Å². The highest BCUT2D eigenvalue weighted by Gasteiger charge is 2.31. The van der Waals surface area contributed by atoms with Crippen LogP contribution < -0.4 is 0 Å². The molecule has 22 heavy (non-hydrogen) atoms. The van der Waals surface area contributed by atoms with Gasteiger partial charge in [-0.05, 0) is 50.9 Å². The molecule has 2 rings (SSSR count). The predicted molar refractivity (Wildman–Crippen MR) is 84.1 cm³/mol. The van der Waals surface area contributed by atoms with Crippen molar-refractivity contribution in [2.45, 2.75) is 58.5 Å². The summed E-state index contributed by atoms with van der Waals surface area (Å²) in [5.74, 6) is 0.834. The standard InChI is InChI=1S/C18H26O4/c1-3-21-18(20)11-6-14-4-7-15(8-5-14)16-9-10-17(12-16)22-13(2)19/h4-5,7,15-17H,3,6,8-12H2,1-2H3/t15?,16-,17+/m0/s1. The number of carbonyl (C=O) groups excluding carboxylic acids is 2. The van der Waals surface area contributed by atoms with E-state index in [0.29, 0.717) is 24.9 Å². The first kappa shape index (κ1) is 16.8. The van der Waals surface area contributed by atoms with Crippen LogP contribution in [0.25, 0.3) is 0 Å². The summed E-state index contributed by atoms with van der Waals surface area (Å²) < 4.78 is 10.3. The van der Waals surface area contributed by atoms with Crippen molar-refractivity contribution in [1.29, 1.82) is 0 Å². The van der Waals surface area contributed by atoms with Gasteiger partial charge in [0, 0.05) is 13.3 Å². The molecule has 1 fully saturated rings. The normalized spacial score (nSPS) is 27.4. The third-order valence-corrected chi connectivity index (χ3v) is 4.50. The van der Waals surface area contributed by atoms with E-state index < -0.39 is 0 Å². The van der Waals surface area contributed by atoms with Crippen LogP contribution in [-0.4, -0.2) is 24.6 Å². The molecule has 2 aliphatic carbocycles. The summed E-state index contributed by atoms with van der Waals surface area (Å²) in [4.78, 5) is 22.4. The summed E-state index contributed by atoms with van der Waals surface area (Å²) in [6, 6.07) is 0. The van der Waals surface area contributed by atoms with Crippen molar-refractivity contribution in [3.63, 3.8) is 0 Å². The van der Waals surface area contributed by atoms with Crippen molar-refractivity contribution in [1.82, 2.24) is 0 Å². The predicted octanol–water partition coefficient (Wildman–Crippen LogP) is 3.56. The zero-order chi connectivity index (χ0) is 15.9. The molecule has 4 nitrogen and oxygen atoms in total. The Labute approximate surface area is 132 Å². The lowest BCUT2D eigenvalue weighted by molar-refractivity contribution is -0.146. The van der Waals surface area contributed by atoms with Crippen LogP contribution in [0.2, 0.25) is 0 Å². The summed E-state index contributed by atoms with van der Waals surface area (Å²) in [6.45, 7) is 3.75. The van der Waals surface area contributed by atoms with Gasteiger partial charge in [0.15, 0.2) is 0 Å². The SMILES string of the molecule is CCOC(=O)CCC1=CCC([C@H]2CC[C@@H](OC(C)=O)C2)C=C1.